The van der Waals surface area contributed by atoms with Crippen LogP contribution >= 0.6 is 0 Å². The SMILES string of the molecule is CCOc1nc(C)ccc1C(=O)N1CCN(c2cccnn2)CC1. The number of amides is 1. The summed E-state index contributed by atoms with van der Waals surface area (Å²) in [6, 6.07) is 7.43. The van der Waals surface area contributed by atoms with E-state index in [4.69, 9.17) is 4.74 Å². The summed E-state index contributed by atoms with van der Waals surface area (Å²) in [5.41, 5.74) is 1.36. The van der Waals surface area contributed by atoms with Gasteiger partial charge in [-0.2, -0.15) is 5.10 Å². The molecule has 0 unspecified atom stereocenters. The van der Waals surface area contributed by atoms with Crippen molar-refractivity contribution < 1.29 is 9.53 Å². The molecule has 2 aromatic heterocycles. The molecule has 0 aliphatic carbocycles. The number of pyridine rings is 1. The van der Waals surface area contributed by atoms with Gasteiger partial charge >= 0.3 is 0 Å². The number of hydrogen-bond acceptors (Lipinski definition) is 6. The smallest absolute Gasteiger partial charge is 0.259 e. The Morgan fingerprint density at radius 1 is 1.21 bits per heavy atom. The highest BCUT2D eigenvalue weighted by atomic mass is 16.5. The molecule has 2 aromatic rings. The summed E-state index contributed by atoms with van der Waals surface area (Å²) < 4.78 is 5.53. The molecule has 1 saturated heterocycles. The number of aromatic nitrogens is 3. The Kier molecular flexibility index (Phi) is 4.88. The van der Waals surface area contributed by atoms with Crippen LogP contribution in [-0.2, 0) is 0 Å². The van der Waals surface area contributed by atoms with Gasteiger partial charge in [-0.3, -0.25) is 4.79 Å². The number of aryl methyl sites for hydroxylation is 1. The van der Waals surface area contributed by atoms with Gasteiger partial charge in [0.25, 0.3) is 5.91 Å². The molecule has 1 aliphatic rings. The molecule has 3 rings (SSSR count). The van der Waals surface area contributed by atoms with E-state index < -0.39 is 0 Å². The zero-order valence-electron chi connectivity index (χ0n) is 14.0. The predicted molar refractivity (Wildman–Crippen MR) is 90.3 cm³/mol. The van der Waals surface area contributed by atoms with E-state index in [0.717, 1.165) is 24.6 Å². The quantitative estimate of drug-likeness (QED) is 0.848. The Bertz CT molecular complexity index is 699. The maximum atomic E-state index is 12.8. The van der Waals surface area contributed by atoms with Crippen LogP contribution in [0.4, 0.5) is 5.82 Å². The van der Waals surface area contributed by atoms with E-state index in [-0.39, 0.29) is 5.91 Å². The molecule has 7 heteroatoms. The largest absolute Gasteiger partial charge is 0.477 e. The van der Waals surface area contributed by atoms with E-state index in [0.29, 0.717) is 31.1 Å². The van der Waals surface area contributed by atoms with E-state index in [9.17, 15) is 4.79 Å². The van der Waals surface area contributed by atoms with Crippen LogP contribution in [0, 0.1) is 6.92 Å². The van der Waals surface area contributed by atoms with Crippen molar-refractivity contribution in [3.8, 4) is 5.88 Å². The minimum atomic E-state index is -0.0373. The summed E-state index contributed by atoms with van der Waals surface area (Å²) in [6.07, 6.45) is 1.66. The Morgan fingerprint density at radius 2 is 2.00 bits per heavy atom. The average Bonchev–Trinajstić information content (AvgIpc) is 2.63. The maximum Gasteiger partial charge on any atom is 0.259 e. The lowest BCUT2D eigenvalue weighted by atomic mass is 10.2. The summed E-state index contributed by atoms with van der Waals surface area (Å²) in [6.45, 7) is 6.98. The van der Waals surface area contributed by atoms with Gasteiger partial charge in [0.1, 0.15) is 5.56 Å². The number of carbonyl (C=O) groups is 1. The van der Waals surface area contributed by atoms with Crippen molar-refractivity contribution in [2.24, 2.45) is 0 Å². The number of ether oxygens (including phenoxy) is 1. The Balaban J connectivity index is 1.69. The molecule has 0 aromatic carbocycles. The third-order valence-corrected chi connectivity index (χ3v) is 3.96. The molecular formula is C17H21N5O2. The molecule has 0 radical (unpaired) electrons. The number of piperazine rings is 1. The van der Waals surface area contributed by atoms with Crippen LogP contribution in [0.2, 0.25) is 0 Å². The normalized spacial score (nSPS) is 14.6. The highest BCUT2D eigenvalue weighted by molar-refractivity contribution is 5.96. The Hall–Kier alpha value is -2.70. The van der Waals surface area contributed by atoms with Crippen LogP contribution in [0.15, 0.2) is 30.5 Å². The first-order valence-corrected chi connectivity index (χ1v) is 8.11. The van der Waals surface area contributed by atoms with Gasteiger partial charge in [0, 0.05) is 38.1 Å². The number of carbonyl (C=O) groups excluding carboxylic acids is 1. The van der Waals surface area contributed by atoms with E-state index >= 15 is 0 Å². The fourth-order valence-electron chi connectivity index (χ4n) is 2.71. The molecule has 3 heterocycles. The number of hydrogen-bond donors (Lipinski definition) is 0. The van der Waals surface area contributed by atoms with E-state index in [1.54, 1.807) is 12.3 Å². The van der Waals surface area contributed by atoms with Crippen LogP contribution in [0.5, 0.6) is 5.88 Å². The monoisotopic (exact) mass is 327 g/mol. The first-order chi connectivity index (χ1) is 11.7. The molecule has 1 aliphatic heterocycles. The lowest BCUT2D eigenvalue weighted by molar-refractivity contribution is 0.0741. The number of nitrogens with zero attached hydrogens (tertiary/aromatic N) is 5. The molecule has 7 nitrogen and oxygen atoms in total. The van der Waals surface area contributed by atoms with E-state index in [1.165, 1.54) is 0 Å². The third kappa shape index (κ3) is 3.45. The summed E-state index contributed by atoms with van der Waals surface area (Å²) in [5.74, 6) is 1.22. The minimum Gasteiger partial charge on any atom is -0.477 e. The van der Waals surface area contributed by atoms with Crippen LogP contribution in [-0.4, -0.2) is 58.8 Å². The van der Waals surface area contributed by atoms with Crippen molar-refractivity contribution in [1.82, 2.24) is 20.1 Å². The minimum absolute atomic E-state index is 0.0373. The number of anilines is 1. The van der Waals surface area contributed by atoms with Crippen LogP contribution < -0.4 is 9.64 Å². The topological polar surface area (TPSA) is 71.5 Å². The standard InChI is InChI=1S/C17H21N5O2/c1-3-24-16-14(7-6-13(2)19-16)17(23)22-11-9-21(10-12-22)15-5-4-8-18-20-15/h4-8H,3,9-12H2,1-2H3. The molecule has 0 bridgehead atoms. The second kappa shape index (κ2) is 7.25. The molecular weight excluding hydrogens is 306 g/mol. The van der Waals surface area contributed by atoms with Gasteiger partial charge < -0.3 is 14.5 Å². The summed E-state index contributed by atoms with van der Waals surface area (Å²) >= 11 is 0. The average molecular weight is 327 g/mol. The molecule has 0 spiro atoms. The lowest BCUT2D eigenvalue weighted by Crippen LogP contribution is -2.49. The summed E-state index contributed by atoms with van der Waals surface area (Å²) in [4.78, 5) is 21.1. The first-order valence-electron chi connectivity index (χ1n) is 8.11. The van der Waals surface area contributed by atoms with Crippen molar-refractivity contribution in [2.45, 2.75) is 13.8 Å². The molecule has 0 saturated carbocycles. The van der Waals surface area contributed by atoms with Crippen molar-refractivity contribution in [1.29, 1.82) is 0 Å². The van der Waals surface area contributed by atoms with Gasteiger partial charge in [-0.05, 0) is 38.1 Å². The molecule has 24 heavy (non-hydrogen) atoms. The van der Waals surface area contributed by atoms with Crippen LogP contribution in [0.25, 0.3) is 0 Å². The first kappa shape index (κ1) is 16.2. The zero-order valence-corrected chi connectivity index (χ0v) is 14.0. The van der Waals surface area contributed by atoms with Gasteiger partial charge in [-0.1, -0.05) is 0 Å². The zero-order chi connectivity index (χ0) is 16.9. The fraction of sp³-hybridized carbons (Fsp3) is 0.412. The Labute approximate surface area is 141 Å². The molecule has 0 N–H and O–H groups in total. The van der Waals surface area contributed by atoms with Gasteiger partial charge in [0.2, 0.25) is 5.88 Å². The number of rotatable bonds is 4. The molecule has 126 valence electrons. The van der Waals surface area contributed by atoms with Crippen molar-refractivity contribution in [3.05, 3.63) is 41.7 Å². The van der Waals surface area contributed by atoms with E-state index in [2.05, 4.69) is 20.1 Å². The highest BCUT2D eigenvalue weighted by Crippen LogP contribution is 2.20. The van der Waals surface area contributed by atoms with Gasteiger partial charge in [0.05, 0.1) is 6.61 Å². The van der Waals surface area contributed by atoms with Gasteiger partial charge in [0.15, 0.2) is 5.82 Å². The molecule has 0 atom stereocenters. The van der Waals surface area contributed by atoms with E-state index in [1.807, 2.05) is 36.9 Å². The van der Waals surface area contributed by atoms with Crippen molar-refractivity contribution in [2.75, 3.05) is 37.7 Å². The van der Waals surface area contributed by atoms with Crippen molar-refractivity contribution >= 4 is 11.7 Å². The second-order valence-corrected chi connectivity index (χ2v) is 5.60. The predicted octanol–water partition coefficient (Wildman–Crippen LogP) is 1.54. The van der Waals surface area contributed by atoms with Crippen LogP contribution in [0.3, 0.4) is 0 Å². The maximum absolute atomic E-state index is 12.8. The van der Waals surface area contributed by atoms with Crippen molar-refractivity contribution in [3.63, 3.8) is 0 Å². The second-order valence-electron chi connectivity index (χ2n) is 5.60. The summed E-state index contributed by atoms with van der Waals surface area (Å²) in [5, 5.41) is 8.03. The summed E-state index contributed by atoms with van der Waals surface area (Å²) in [7, 11) is 0. The highest BCUT2D eigenvalue weighted by Gasteiger charge is 2.25. The molecule has 1 fully saturated rings. The Morgan fingerprint density at radius 3 is 2.67 bits per heavy atom. The van der Waals surface area contributed by atoms with Gasteiger partial charge in [-0.15, -0.1) is 5.10 Å². The fourth-order valence-corrected chi connectivity index (χ4v) is 2.71. The third-order valence-electron chi connectivity index (χ3n) is 3.96. The van der Waals surface area contributed by atoms with Crippen LogP contribution in [0.1, 0.15) is 23.0 Å². The lowest BCUT2D eigenvalue weighted by Gasteiger charge is -2.35. The van der Waals surface area contributed by atoms with Gasteiger partial charge in [-0.25, -0.2) is 4.98 Å². The molecule has 1 amide bonds.